The van der Waals surface area contributed by atoms with E-state index < -0.39 is 6.10 Å². The van der Waals surface area contributed by atoms with Crippen molar-refractivity contribution in [2.75, 3.05) is 13.1 Å². The molecule has 1 rings (SSSR count). The molecule has 1 atom stereocenters. The Labute approximate surface area is 123 Å². The van der Waals surface area contributed by atoms with Gasteiger partial charge in [0.05, 0.1) is 11.0 Å². The summed E-state index contributed by atoms with van der Waals surface area (Å²) in [5, 5.41) is 17.0. The molecular formula is C14H22N2O3S. The highest BCUT2D eigenvalue weighted by Gasteiger charge is 2.22. The third-order valence-electron chi connectivity index (χ3n) is 2.87. The Morgan fingerprint density at radius 1 is 1.35 bits per heavy atom. The summed E-state index contributed by atoms with van der Waals surface area (Å²) < 4.78 is 0. The standard InChI is InChI=1S/C14H22N2O3S/c1-14(2,3)11(17)9-16-12(18)6-7-15-13(19)10-5-4-8-20-10/h4-5,8,11,17H,6-7,9H2,1-3H3,(H,15,19)(H,16,18). The third-order valence-corrected chi connectivity index (χ3v) is 3.74. The van der Waals surface area contributed by atoms with Crippen molar-refractivity contribution in [3.8, 4) is 0 Å². The van der Waals surface area contributed by atoms with Crippen LogP contribution in [0, 0.1) is 5.41 Å². The molecule has 2 amide bonds. The zero-order valence-corrected chi connectivity index (χ0v) is 12.9. The maximum atomic E-state index is 11.6. The average Bonchev–Trinajstić information content (AvgIpc) is 2.88. The Morgan fingerprint density at radius 3 is 2.60 bits per heavy atom. The van der Waals surface area contributed by atoms with Crippen molar-refractivity contribution in [1.82, 2.24) is 10.6 Å². The van der Waals surface area contributed by atoms with Gasteiger partial charge in [0.25, 0.3) is 5.91 Å². The number of hydrogen-bond acceptors (Lipinski definition) is 4. The Balaban J connectivity index is 2.19. The van der Waals surface area contributed by atoms with Gasteiger partial charge in [-0.3, -0.25) is 9.59 Å². The van der Waals surface area contributed by atoms with Crippen molar-refractivity contribution in [2.24, 2.45) is 5.41 Å². The predicted octanol–water partition coefficient (Wildman–Crippen LogP) is 1.39. The molecule has 1 unspecified atom stereocenters. The predicted molar refractivity (Wildman–Crippen MR) is 79.7 cm³/mol. The summed E-state index contributed by atoms with van der Waals surface area (Å²) >= 11 is 1.36. The van der Waals surface area contributed by atoms with Crippen LogP contribution >= 0.6 is 11.3 Å². The molecule has 1 aromatic heterocycles. The van der Waals surface area contributed by atoms with Crippen molar-refractivity contribution in [3.05, 3.63) is 22.4 Å². The van der Waals surface area contributed by atoms with Gasteiger partial charge in [-0.2, -0.15) is 0 Å². The maximum Gasteiger partial charge on any atom is 0.261 e. The second-order valence-electron chi connectivity index (χ2n) is 5.67. The molecule has 0 saturated carbocycles. The van der Waals surface area contributed by atoms with Crippen LogP contribution in [-0.2, 0) is 4.79 Å². The lowest BCUT2D eigenvalue weighted by atomic mass is 9.89. The molecule has 0 aliphatic rings. The number of carbonyl (C=O) groups is 2. The van der Waals surface area contributed by atoms with E-state index in [1.165, 1.54) is 11.3 Å². The molecule has 0 spiro atoms. The third kappa shape index (κ3) is 5.71. The van der Waals surface area contributed by atoms with Gasteiger partial charge in [-0.1, -0.05) is 26.8 Å². The summed E-state index contributed by atoms with van der Waals surface area (Å²) in [6.07, 6.45) is -0.388. The lowest BCUT2D eigenvalue weighted by Crippen LogP contribution is -2.40. The normalized spacial score (nSPS) is 12.8. The average molecular weight is 298 g/mol. The molecule has 0 aliphatic carbocycles. The molecule has 0 aliphatic heterocycles. The second kappa shape index (κ2) is 7.40. The molecule has 0 fully saturated rings. The van der Waals surface area contributed by atoms with Gasteiger partial charge < -0.3 is 15.7 Å². The van der Waals surface area contributed by atoms with E-state index in [-0.39, 0.29) is 36.7 Å². The number of aliphatic hydroxyl groups is 1. The molecule has 6 heteroatoms. The molecule has 0 bridgehead atoms. The summed E-state index contributed by atoms with van der Waals surface area (Å²) in [5.41, 5.74) is -0.263. The number of amides is 2. The smallest absolute Gasteiger partial charge is 0.261 e. The first-order valence-electron chi connectivity index (χ1n) is 6.57. The van der Waals surface area contributed by atoms with Crippen LogP contribution in [0.5, 0.6) is 0 Å². The van der Waals surface area contributed by atoms with E-state index in [4.69, 9.17) is 0 Å². The van der Waals surface area contributed by atoms with Crippen molar-refractivity contribution in [3.63, 3.8) is 0 Å². The molecule has 112 valence electrons. The first-order chi connectivity index (χ1) is 9.30. The molecule has 20 heavy (non-hydrogen) atoms. The van der Waals surface area contributed by atoms with Crippen molar-refractivity contribution < 1.29 is 14.7 Å². The lowest BCUT2D eigenvalue weighted by molar-refractivity contribution is -0.121. The maximum absolute atomic E-state index is 11.6. The second-order valence-corrected chi connectivity index (χ2v) is 6.62. The fourth-order valence-corrected chi connectivity index (χ4v) is 2.03. The molecular weight excluding hydrogens is 276 g/mol. The summed E-state index contributed by atoms with van der Waals surface area (Å²) in [4.78, 5) is 23.8. The molecule has 0 radical (unpaired) electrons. The Bertz CT molecular complexity index is 438. The quantitative estimate of drug-likeness (QED) is 0.742. The van der Waals surface area contributed by atoms with Gasteiger partial charge in [0.15, 0.2) is 0 Å². The highest BCUT2D eigenvalue weighted by molar-refractivity contribution is 7.12. The van der Waals surface area contributed by atoms with Crippen LogP contribution in [-0.4, -0.2) is 36.1 Å². The Morgan fingerprint density at radius 2 is 2.05 bits per heavy atom. The number of hydrogen-bond donors (Lipinski definition) is 3. The van der Waals surface area contributed by atoms with E-state index in [0.717, 1.165) is 0 Å². The molecule has 1 heterocycles. The zero-order chi connectivity index (χ0) is 15.2. The first-order valence-corrected chi connectivity index (χ1v) is 7.45. The van der Waals surface area contributed by atoms with Gasteiger partial charge >= 0.3 is 0 Å². The number of nitrogens with one attached hydrogen (secondary N) is 2. The van der Waals surface area contributed by atoms with Crippen LogP contribution in [0.4, 0.5) is 0 Å². The van der Waals surface area contributed by atoms with Crippen molar-refractivity contribution in [1.29, 1.82) is 0 Å². The monoisotopic (exact) mass is 298 g/mol. The van der Waals surface area contributed by atoms with Crippen molar-refractivity contribution >= 4 is 23.2 Å². The number of thiophene rings is 1. The largest absolute Gasteiger partial charge is 0.391 e. The van der Waals surface area contributed by atoms with Crippen LogP contribution in [0.3, 0.4) is 0 Å². The van der Waals surface area contributed by atoms with Crippen LogP contribution in [0.1, 0.15) is 36.9 Å². The topological polar surface area (TPSA) is 78.4 Å². The van der Waals surface area contributed by atoms with Crippen LogP contribution in [0.15, 0.2) is 17.5 Å². The van der Waals surface area contributed by atoms with Crippen LogP contribution in [0.2, 0.25) is 0 Å². The first kappa shape index (κ1) is 16.7. The fourth-order valence-electron chi connectivity index (χ4n) is 1.39. The van der Waals surface area contributed by atoms with Crippen LogP contribution < -0.4 is 10.6 Å². The van der Waals surface area contributed by atoms with Gasteiger partial charge in [-0.25, -0.2) is 0 Å². The number of carbonyl (C=O) groups excluding carboxylic acids is 2. The van der Waals surface area contributed by atoms with Gasteiger partial charge in [0, 0.05) is 19.5 Å². The molecule has 0 saturated heterocycles. The van der Waals surface area contributed by atoms with E-state index in [0.29, 0.717) is 4.88 Å². The summed E-state index contributed by atoms with van der Waals surface area (Å²) in [6, 6.07) is 3.54. The zero-order valence-electron chi connectivity index (χ0n) is 12.1. The fraction of sp³-hybridized carbons (Fsp3) is 0.571. The van der Waals surface area contributed by atoms with Crippen molar-refractivity contribution in [2.45, 2.75) is 33.3 Å². The number of aliphatic hydroxyl groups excluding tert-OH is 1. The Hall–Kier alpha value is -1.40. The summed E-state index contributed by atoms with van der Waals surface area (Å²) in [6.45, 7) is 6.23. The minimum atomic E-state index is -0.591. The molecule has 5 nitrogen and oxygen atoms in total. The van der Waals surface area contributed by atoms with Gasteiger partial charge in [-0.15, -0.1) is 11.3 Å². The van der Waals surface area contributed by atoms with E-state index in [1.54, 1.807) is 12.1 Å². The molecule has 0 aromatic carbocycles. The molecule has 3 N–H and O–H groups in total. The van der Waals surface area contributed by atoms with Gasteiger partial charge in [0.1, 0.15) is 0 Å². The minimum absolute atomic E-state index is 0.164. The Kier molecular flexibility index (Phi) is 6.16. The van der Waals surface area contributed by atoms with E-state index in [2.05, 4.69) is 10.6 Å². The summed E-state index contributed by atoms with van der Waals surface area (Å²) in [7, 11) is 0. The lowest BCUT2D eigenvalue weighted by Gasteiger charge is -2.25. The van der Waals surface area contributed by atoms with Gasteiger partial charge in [0.2, 0.25) is 5.91 Å². The SMILES string of the molecule is CC(C)(C)C(O)CNC(=O)CCNC(=O)c1cccs1. The highest BCUT2D eigenvalue weighted by atomic mass is 32.1. The van der Waals surface area contributed by atoms with Crippen LogP contribution in [0.25, 0.3) is 0 Å². The minimum Gasteiger partial charge on any atom is -0.391 e. The molecule has 1 aromatic rings. The van der Waals surface area contributed by atoms with E-state index in [1.807, 2.05) is 26.2 Å². The van der Waals surface area contributed by atoms with E-state index >= 15 is 0 Å². The van der Waals surface area contributed by atoms with E-state index in [9.17, 15) is 14.7 Å². The number of rotatable bonds is 6. The van der Waals surface area contributed by atoms with Gasteiger partial charge in [-0.05, 0) is 16.9 Å². The summed E-state index contributed by atoms with van der Waals surface area (Å²) in [5.74, 6) is -0.345. The highest BCUT2D eigenvalue weighted by Crippen LogP contribution is 2.18.